The number of nitrogens with one attached hydrogen (secondary N) is 1. The third kappa shape index (κ3) is 6.58. The van der Waals surface area contributed by atoms with Crippen molar-refractivity contribution < 1.29 is 0 Å². The lowest BCUT2D eigenvalue weighted by atomic mass is 10.1. The zero-order valence-electron chi connectivity index (χ0n) is 13.2. The quantitative estimate of drug-likeness (QED) is 0.762. The fourth-order valence-corrected chi connectivity index (χ4v) is 1.85. The van der Waals surface area contributed by atoms with E-state index in [1.807, 2.05) is 0 Å². The van der Waals surface area contributed by atoms with Gasteiger partial charge < -0.3 is 10.2 Å². The highest BCUT2D eigenvalue weighted by Crippen LogP contribution is 2.12. The average molecular weight is 263 g/mol. The lowest BCUT2D eigenvalue weighted by Crippen LogP contribution is -2.35. The predicted molar refractivity (Wildman–Crippen MR) is 83.6 cm³/mol. The van der Waals surface area contributed by atoms with Crippen molar-refractivity contribution in [1.29, 1.82) is 0 Å². The van der Waals surface area contributed by atoms with Crippen LogP contribution in [0.2, 0.25) is 0 Å². The van der Waals surface area contributed by atoms with Gasteiger partial charge in [-0.15, -0.1) is 0 Å². The van der Waals surface area contributed by atoms with E-state index in [-0.39, 0.29) is 5.54 Å². The number of unbranched alkanes of at least 4 members (excludes halogenated alkanes) is 2. The van der Waals surface area contributed by atoms with Gasteiger partial charge in [0.15, 0.2) is 0 Å². The molecule has 0 radical (unpaired) electrons. The number of aromatic nitrogens is 1. The van der Waals surface area contributed by atoms with Gasteiger partial charge in [-0.05, 0) is 39.3 Å². The smallest absolute Gasteiger partial charge is 0.128 e. The molecule has 0 saturated carbocycles. The van der Waals surface area contributed by atoms with Crippen LogP contribution in [0.4, 0.5) is 5.82 Å². The van der Waals surface area contributed by atoms with Gasteiger partial charge in [0.2, 0.25) is 0 Å². The molecule has 1 aromatic rings. The first-order valence-electron chi connectivity index (χ1n) is 7.34. The van der Waals surface area contributed by atoms with Crippen LogP contribution in [-0.2, 0) is 6.54 Å². The molecule has 0 aliphatic carbocycles. The predicted octanol–water partition coefficient (Wildman–Crippen LogP) is 3.60. The lowest BCUT2D eigenvalue weighted by molar-refractivity contribution is 0.421. The Labute approximate surface area is 118 Å². The number of rotatable bonds is 7. The van der Waals surface area contributed by atoms with Crippen LogP contribution < -0.4 is 10.2 Å². The Morgan fingerprint density at radius 1 is 1.21 bits per heavy atom. The maximum Gasteiger partial charge on any atom is 0.128 e. The second-order valence-electron chi connectivity index (χ2n) is 6.22. The lowest BCUT2D eigenvalue weighted by Gasteiger charge is -2.22. The molecule has 0 unspecified atom stereocenters. The van der Waals surface area contributed by atoms with E-state index in [0.717, 1.165) is 24.6 Å². The van der Waals surface area contributed by atoms with Gasteiger partial charge >= 0.3 is 0 Å². The molecule has 19 heavy (non-hydrogen) atoms. The van der Waals surface area contributed by atoms with Crippen molar-refractivity contribution in [3.05, 3.63) is 23.9 Å². The Hall–Kier alpha value is -1.09. The van der Waals surface area contributed by atoms with E-state index in [9.17, 15) is 0 Å². The summed E-state index contributed by atoms with van der Waals surface area (Å²) in [6.07, 6.45) is 3.78. The van der Waals surface area contributed by atoms with Crippen molar-refractivity contribution in [3.63, 3.8) is 0 Å². The molecule has 1 N–H and O–H groups in total. The molecule has 108 valence electrons. The number of hydrogen-bond acceptors (Lipinski definition) is 3. The van der Waals surface area contributed by atoms with Crippen molar-refractivity contribution in [2.24, 2.45) is 0 Å². The first-order valence-corrected chi connectivity index (χ1v) is 7.34. The van der Waals surface area contributed by atoms with Gasteiger partial charge in [-0.25, -0.2) is 4.98 Å². The normalized spacial score (nSPS) is 11.6. The minimum Gasteiger partial charge on any atom is -0.360 e. The van der Waals surface area contributed by atoms with Crippen molar-refractivity contribution in [1.82, 2.24) is 10.3 Å². The highest BCUT2D eigenvalue weighted by atomic mass is 15.2. The second-order valence-corrected chi connectivity index (χ2v) is 6.22. The molecule has 0 bridgehead atoms. The molecular formula is C16H29N3. The van der Waals surface area contributed by atoms with Crippen LogP contribution in [0.1, 0.15) is 52.7 Å². The minimum absolute atomic E-state index is 0.130. The summed E-state index contributed by atoms with van der Waals surface area (Å²) in [5.41, 5.74) is 1.24. The zero-order chi connectivity index (χ0) is 14.3. The Balaban J connectivity index is 2.56. The van der Waals surface area contributed by atoms with Gasteiger partial charge in [0.1, 0.15) is 5.82 Å². The van der Waals surface area contributed by atoms with E-state index in [1.54, 1.807) is 0 Å². The summed E-state index contributed by atoms with van der Waals surface area (Å²) in [6.45, 7) is 10.7. The van der Waals surface area contributed by atoms with E-state index in [0.29, 0.717) is 0 Å². The Morgan fingerprint density at radius 3 is 2.58 bits per heavy atom. The SMILES string of the molecule is CCCCCN(C)c1cccc(CNC(C)(C)C)n1. The highest BCUT2D eigenvalue weighted by Gasteiger charge is 2.09. The standard InChI is InChI=1S/C16H29N3/c1-6-7-8-12-19(5)15-11-9-10-14(18-15)13-17-16(2,3)4/h9-11,17H,6-8,12-13H2,1-5H3. The fourth-order valence-electron chi connectivity index (χ4n) is 1.85. The summed E-state index contributed by atoms with van der Waals surface area (Å²) in [5, 5.41) is 3.48. The van der Waals surface area contributed by atoms with E-state index in [2.05, 4.69) is 63.2 Å². The molecule has 0 atom stereocenters. The highest BCUT2D eigenvalue weighted by molar-refractivity contribution is 5.38. The Morgan fingerprint density at radius 2 is 1.95 bits per heavy atom. The fraction of sp³-hybridized carbons (Fsp3) is 0.688. The van der Waals surface area contributed by atoms with Crippen LogP contribution in [0, 0.1) is 0 Å². The molecular weight excluding hydrogens is 234 g/mol. The molecule has 0 spiro atoms. The van der Waals surface area contributed by atoms with Gasteiger partial charge in [0, 0.05) is 25.7 Å². The van der Waals surface area contributed by atoms with Gasteiger partial charge in [0.05, 0.1) is 5.69 Å². The molecule has 0 amide bonds. The summed E-state index contributed by atoms with van der Waals surface area (Å²) < 4.78 is 0. The van der Waals surface area contributed by atoms with Crippen molar-refractivity contribution >= 4 is 5.82 Å². The van der Waals surface area contributed by atoms with E-state index in [1.165, 1.54) is 19.3 Å². The van der Waals surface area contributed by atoms with Crippen LogP contribution >= 0.6 is 0 Å². The molecule has 0 aromatic carbocycles. The Bertz CT molecular complexity index is 369. The maximum absolute atomic E-state index is 4.72. The first kappa shape index (κ1) is 16.0. The maximum atomic E-state index is 4.72. The van der Waals surface area contributed by atoms with Gasteiger partial charge in [-0.1, -0.05) is 25.8 Å². The van der Waals surface area contributed by atoms with E-state index >= 15 is 0 Å². The van der Waals surface area contributed by atoms with Gasteiger partial charge in [0.25, 0.3) is 0 Å². The summed E-state index contributed by atoms with van der Waals surface area (Å²) in [7, 11) is 2.12. The molecule has 3 heteroatoms. The second kappa shape index (κ2) is 7.49. The molecule has 3 nitrogen and oxygen atoms in total. The van der Waals surface area contributed by atoms with Crippen LogP contribution in [0.3, 0.4) is 0 Å². The molecule has 0 fully saturated rings. The van der Waals surface area contributed by atoms with E-state index in [4.69, 9.17) is 4.98 Å². The summed E-state index contributed by atoms with van der Waals surface area (Å²) in [4.78, 5) is 6.96. The molecule has 0 aliphatic heterocycles. The number of nitrogens with zero attached hydrogens (tertiary/aromatic N) is 2. The molecule has 0 saturated heterocycles. The molecule has 0 aliphatic rings. The summed E-state index contributed by atoms with van der Waals surface area (Å²) in [5.74, 6) is 1.07. The van der Waals surface area contributed by atoms with Crippen molar-refractivity contribution in [2.75, 3.05) is 18.5 Å². The number of hydrogen-bond donors (Lipinski definition) is 1. The molecule has 1 aromatic heterocycles. The number of pyridine rings is 1. The van der Waals surface area contributed by atoms with Crippen LogP contribution in [-0.4, -0.2) is 24.1 Å². The first-order chi connectivity index (χ1) is 8.92. The van der Waals surface area contributed by atoms with Gasteiger partial charge in [-0.3, -0.25) is 0 Å². The van der Waals surface area contributed by atoms with E-state index < -0.39 is 0 Å². The third-order valence-electron chi connectivity index (χ3n) is 3.08. The molecule has 1 rings (SSSR count). The molecule has 1 heterocycles. The summed E-state index contributed by atoms with van der Waals surface area (Å²) >= 11 is 0. The average Bonchev–Trinajstić information content (AvgIpc) is 2.36. The van der Waals surface area contributed by atoms with Crippen LogP contribution in [0.25, 0.3) is 0 Å². The monoisotopic (exact) mass is 263 g/mol. The van der Waals surface area contributed by atoms with Crippen LogP contribution in [0.15, 0.2) is 18.2 Å². The zero-order valence-corrected chi connectivity index (χ0v) is 13.2. The largest absolute Gasteiger partial charge is 0.360 e. The third-order valence-corrected chi connectivity index (χ3v) is 3.08. The Kier molecular flexibility index (Phi) is 6.29. The van der Waals surface area contributed by atoms with Crippen molar-refractivity contribution in [3.8, 4) is 0 Å². The van der Waals surface area contributed by atoms with Crippen LogP contribution in [0.5, 0.6) is 0 Å². The minimum atomic E-state index is 0.130. The van der Waals surface area contributed by atoms with Crippen molar-refractivity contribution in [2.45, 2.75) is 59.0 Å². The van der Waals surface area contributed by atoms with Gasteiger partial charge in [-0.2, -0.15) is 0 Å². The number of anilines is 1. The topological polar surface area (TPSA) is 28.2 Å². The summed E-state index contributed by atoms with van der Waals surface area (Å²) in [6, 6.07) is 6.27.